The molecule has 7 nitrogen and oxygen atoms in total. The first kappa shape index (κ1) is 22.6. The maximum Gasteiger partial charge on any atom is 0.242 e. The van der Waals surface area contributed by atoms with Gasteiger partial charge in [-0.15, -0.1) is 0 Å². The number of sulfone groups is 1. The minimum Gasteiger partial charge on any atom is -0.342 e. The first-order chi connectivity index (χ1) is 14.7. The van der Waals surface area contributed by atoms with Gasteiger partial charge in [0, 0.05) is 35.9 Å². The molecule has 164 valence electrons. The molecular weight excluding hydrogens is 414 g/mol. The number of nitrogens with zero attached hydrogens (tertiary/aromatic N) is 2. The standard InChI is InChI=1S/C23H27N3O4S/c1-4-25(5-2)23(28)15-26-14-21(19-8-6-7-9-20(19)26)31(29,30)16-22(27)24-18-12-10-17(3)11-13-18/h6-14H,4-5,15-16H2,1-3H3,(H,24,27). The van der Waals surface area contributed by atoms with Crippen molar-refractivity contribution in [3.8, 4) is 0 Å². The molecule has 0 fully saturated rings. The van der Waals surface area contributed by atoms with Gasteiger partial charge in [0.1, 0.15) is 12.3 Å². The van der Waals surface area contributed by atoms with Crippen molar-refractivity contribution in [3.05, 3.63) is 60.3 Å². The van der Waals surface area contributed by atoms with Gasteiger partial charge in [-0.3, -0.25) is 9.59 Å². The van der Waals surface area contributed by atoms with E-state index < -0.39 is 21.5 Å². The average molecular weight is 442 g/mol. The summed E-state index contributed by atoms with van der Waals surface area (Å²) in [5.74, 6) is -1.38. The van der Waals surface area contributed by atoms with E-state index in [0.717, 1.165) is 5.56 Å². The molecular formula is C23H27N3O4S. The fourth-order valence-electron chi connectivity index (χ4n) is 3.50. The molecule has 3 rings (SSSR count). The summed E-state index contributed by atoms with van der Waals surface area (Å²) in [6.07, 6.45) is 1.46. The van der Waals surface area contributed by atoms with E-state index in [2.05, 4.69) is 5.32 Å². The Balaban J connectivity index is 1.87. The molecule has 1 N–H and O–H groups in total. The highest BCUT2D eigenvalue weighted by Crippen LogP contribution is 2.26. The highest BCUT2D eigenvalue weighted by atomic mass is 32.2. The number of rotatable bonds is 8. The molecule has 8 heteroatoms. The number of benzene rings is 2. The van der Waals surface area contributed by atoms with Crippen molar-refractivity contribution in [1.82, 2.24) is 9.47 Å². The van der Waals surface area contributed by atoms with Crippen LogP contribution in [0.4, 0.5) is 5.69 Å². The van der Waals surface area contributed by atoms with Crippen molar-refractivity contribution in [1.29, 1.82) is 0 Å². The Labute approximate surface area is 182 Å². The van der Waals surface area contributed by atoms with Gasteiger partial charge >= 0.3 is 0 Å². The third-order valence-corrected chi connectivity index (χ3v) is 6.80. The summed E-state index contributed by atoms with van der Waals surface area (Å²) >= 11 is 0. The van der Waals surface area contributed by atoms with Crippen LogP contribution in [0.25, 0.3) is 10.9 Å². The molecule has 0 saturated carbocycles. The largest absolute Gasteiger partial charge is 0.342 e. The van der Waals surface area contributed by atoms with Gasteiger partial charge < -0.3 is 14.8 Å². The van der Waals surface area contributed by atoms with Crippen LogP contribution in [0.15, 0.2) is 59.6 Å². The molecule has 3 aromatic rings. The van der Waals surface area contributed by atoms with Crippen molar-refractivity contribution in [2.45, 2.75) is 32.2 Å². The highest BCUT2D eigenvalue weighted by molar-refractivity contribution is 7.92. The number of aromatic nitrogens is 1. The van der Waals surface area contributed by atoms with Crippen molar-refractivity contribution >= 4 is 38.2 Å². The predicted molar refractivity (Wildman–Crippen MR) is 122 cm³/mol. The summed E-state index contributed by atoms with van der Waals surface area (Å²) in [4.78, 5) is 26.7. The second-order valence-electron chi connectivity index (χ2n) is 7.38. The summed E-state index contributed by atoms with van der Waals surface area (Å²) in [5, 5.41) is 3.12. The molecule has 0 aliphatic carbocycles. The molecule has 1 aromatic heterocycles. The molecule has 2 amide bonds. The normalized spacial score (nSPS) is 11.5. The Bertz CT molecular complexity index is 1190. The minimum atomic E-state index is -3.92. The molecule has 0 atom stereocenters. The molecule has 0 aliphatic rings. The van der Waals surface area contributed by atoms with E-state index in [4.69, 9.17) is 0 Å². The second-order valence-corrected chi connectivity index (χ2v) is 9.34. The number of fused-ring (bicyclic) bond motifs is 1. The van der Waals surface area contributed by atoms with Gasteiger partial charge in [-0.05, 0) is 39.0 Å². The SMILES string of the molecule is CCN(CC)C(=O)Cn1cc(S(=O)(=O)CC(=O)Nc2ccc(C)cc2)c2ccccc21. The number of nitrogens with one attached hydrogen (secondary N) is 1. The van der Waals surface area contributed by atoms with Crippen LogP contribution in [0.1, 0.15) is 19.4 Å². The summed E-state index contributed by atoms with van der Waals surface area (Å²) in [5.41, 5.74) is 2.22. The van der Waals surface area contributed by atoms with Crippen molar-refractivity contribution in [2.24, 2.45) is 0 Å². The lowest BCUT2D eigenvalue weighted by Gasteiger charge is -2.19. The smallest absolute Gasteiger partial charge is 0.242 e. The van der Waals surface area contributed by atoms with E-state index in [-0.39, 0.29) is 17.3 Å². The first-order valence-corrected chi connectivity index (χ1v) is 11.8. The third-order valence-electron chi connectivity index (χ3n) is 5.17. The number of hydrogen-bond acceptors (Lipinski definition) is 4. The number of amides is 2. The van der Waals surface area contributed by atoms with Crippen molar-refractivity contribution in [3.63, 3.8) is 0 Å². The third kappa shape index (κ3) is 5.14. The number of hydrogen-bond donors (Lipinski definition) is 1. The van der Waals surface area contributed by atoms with Crippen LogP contribution in [0.2, 0.25) is 0 Å². The lowest BCUT2D eigenvalue weighted by molar-refractivity contribution is -0.131. The Morgan fingerprint density at radius 3 is 2.29 bits per heavy atom. The fraction of sp³-hybridized carbons (Fsp3) is 0.304. The number of aryl methyl sites for hydroxylation is 1. The van der Waals surface area contributed by atoms with E-state index >= 15 is 0 Å². The fourth-order valence-corrected chi connectivity index (χ4v) is 4.87. The van der Waals surface area contributed by atoms with E-state index in [1.54, 1.807) is 45.9 Å². The van der Waals surface area contributed by atoms with E-state index in [0.29, 0.717) is 29.7 Å². The summed E-state index contributed by atoms with van der Waals surface area (Å²) in [6, 6.07) is 14.1. The molecule has 0 radical (unpaired) electrons. The van der Waals surface area contributed by atoms with Gasteiger partial charge in [-0.25, -0.2) is 8.42 Å². The Morgan fingerprint density at radius 1 is 1.00 bits per heavy atom. The molecule has 0 aliphatic heterocycles. The maximum absolute atomic E-state index is 13.1. The topological polar surface area (TPSA) is 88.5 Å². The molecule has 0 spiro atoms. The number of carbonyl (C=O) groups is 2. The van der Waals surface area contributed by atoms with Crippen LogP contribution in [-0.2, 0) is 26.0 Å². The van der Waals surface area contributed by atoms with E-state index in [1.807, 2.05) is 32.9 Å². The van der Waals surface area contributed by atoms with Crippen LogP contribution in [0, 0.1) is 6.92 Å². The summed E-state index contributed by atoms with van der Waals surface area (Å²) in [6.45, 7) is 6.93. The van der Waals surface area contributed by atoms with Crippen LogP contribution >= 0.6 is 0 Å². The van der Waals surface area contributed by atoms with Crippen LogP contribution in [0.5, 0.6) is 0 Å². The maximum atomic E-state index is 13.1. The monoisotopic (exact) mass is 441 g/mol. The molecule has 31 heavy (non-hydrogen) atoms. The first-order valence-electron chi connectivity index (χ1n) is 10.2. The molecule has 1 heterocycles. The molecule has 0 unspecified atom stereocenters. The van der Waals surface area contributed by atoms with Gasteiger partial charge in [0.05, 0.1) is 4.90 Å². The zero-order valence-electron chi connectivity index (χ0n) is 18.0. The zero-order valence-corrected chi connectivity index (χ0v) is 18.8. The Morgan fingerprint density at radius 2 is 1.65 bits per heavy atom. The average Bonchev–Trinajstić information content (AvgIpc) is 3.10. The van der Waals surface area contributed by atoms with Gasteiger partial charge in [-0.2, -0.15) is 0 Å². The van der Waals surface area contributed by atoms with Crippen molar-refractivity contribution < 1.29 is 18.0 Å². The second kappa shape index (κ2) is 9.34. The van der Waals surface area contributed by atoms with Crippen LogP contribution in [-0.4, -0.2) is 48.5 Å². The number of likely N-dealkylation sites (N-methyl/N-ethyl adjacent to an activating group) is 1. The summed E-state index contributed by atoms with van der Waals surface area (Å²) < 4.78 is 27.8. The predicted octanol–water partition coefficient (Wildman–Crippen LogP) is 3.23. The number of carbonyl (C=O) groups excluding carboxylic acids is 2. The summed E-state index contributed by atoms with van der Waals surface area (Å²) in [7, 11) is -3.92. The molecule has 2 aromatic carbocycles. The van der Waals surface area contributed by atoms with Crippen LogP contribution < -0.4 is 5.32 Å². The van der Waals surface area contributed by atoms with Gasteiger partial charge in [0.25, 0.3) is 0 Å². The lowest BCUT2D eigenvalue weighted by atomic mass is 10.2. The molecule has 0 saturated heterocycles. The zero-order chi connectivity index (χ0) is 22.6. The number of para-hydroxylation sites is 1. The van der Waals surface area contributed by atoms with Gasteiger partial charge in [0.2, 0.25) is 11.8 Å². The Kier molecular flexibility index (Phi) is 6.80. The quantitative estimate of drug-likeness (QED) is 0.581. The Hall–Kier alpha value is -3.13. The molecule has 0 bridgehead atoms. The van der Waals surface area contributed by atoms with Gasteiger partial charge in [0.15, 0.2) is 9.84 Å². The van der Waals surface area contributed by atoms with Crippen LogP contribution in [0.3, 0.4) is 0 Å². The van der Waals surface area contributed by atoms with E-state index in [9.17, 15) is 18.0 Å². The van der Waals surface area contributed by atoms with Gasteiger partial charge in [-0.1, -0.05) is 35.9 Å². The van der Waals surface area contributed by atoms with E-state index in [1.165, 1.54) is 6.20 Å². The number of anilines is 1. The lowest BCUT2D eigenvalue weighted by Crippen LogP contribution is -2.33. The highest BCUT2D eigenvalue weighted by Gasteiger charge is 2.25. The van der Waals surface area contributed by atoms with Crippen molar-refractivity contribution in [2.75, 3.05) is 24.2 Å². The minimum absolute atomic E-state index is 0.0350.